The van der Waals surface area contributed by atoms with Gasteiger partial charge in [-0.05, 0) is 44.2 Å². The second-order valence-electron chi connectivity index (χ2n) is 10.0. The van der Waals surface area contributed by atoms with E-state index >= 15 is 0 Å². The zero-order valence-electron chi connectivity index (χ0n) is 21.1. The van der Waals surface area contributed by atoms with Crippen LogP contribution in [0.2, 0.25) is 0 Å². The Morgan fingerprint density at radius 3 is 2.45 bits per heavy atom. The molecule has 0 spiro atoms. The molecule has 0 radical (unpaired) electrons. The Hall–Kier alpha value is -3.75. The number of nitrogens with zero attached hydrogens (tertiary/aromatic N) is 6. The fourth-order valence-electron chi connectivity index (χ4n) is 4.94. The highest BCUT2D eigenvalue weighted by Gasteiger charge is 2.37. The monoisotopic (exact) mass is 524 g/mol. The maximum Gasteiger partial charge on any atom is 0.416 e. The first-order valence-corrected chi connectivity index (χ1v) is 12.3. The minimum absolute atomic E-state index is 0.0948. The maximum absolute atomic E-state index is 13.2. The number of carbonyl (C=O) groups excluding carboxylic acids is 1. The molecule has 8 nitrogen and oxygen atoms in total. The highest BCUT2D eigenvalue weighted by atomic mass is 19.4. The maximum atomic E-state index is 13.2. The Labute approximate surface area is 217 Å². The van der Waals surface area contributed by atoms with Crippen LogP contribution in [0.1, 0.15) is 25.5 Å². The molecule has 2 fully saturated rings. The van der Waals surface area contributed by atoms with Gasteiger partial charge in [0, 0.05) is 43.5 Å². The molecule has 0 atom stereocenters. The molecule has 1 amide bonds. The molecule has 3 aromatic rings. The topological polar surface area (TPSA) is 87.3 Å². The van der Waals surface area contributed by atoms with Crippen molar-refractivity contribution in [3.8, 4) is 17.3 Å². The molecule has 0 unspecified atom stereocenters. The van der Waals surface area contributed by atoms with E-state index in [9.17, 15) is 23.2 Å². The van der Waals surface area contributed by atoms with Crippen LogP contribution in [0.15, 0.2) is 54.2 Å². The number of nitriles is 1. The highest BCUT2D eigenvalue weighted by molar-refractivity contribution is 5.98. The predicted octanol–water partition coefficient (Wildman–Crippen LogP) is 4.06. The van der Waals surface area contributed by atoms with Crippen molar-refractivity contribution in [3.63, 3.8) is 0 Å². The molecule has 2 aromatic heterocycles. The average molecular weight is 525 g/mol. The van der Waals surface area contributed by atoms with Crippen molar-refractivity contribution in [2.24, 2.45) is 0 Å². The number of carbonyl (C=O) groups is 1. The molecule has 38 heavy (non-hydrogen) atoms. The second kappa shape index (κ2) is 9.85. The van der Waals surface area contributed by atoms with Gasteiger partial charge in [-0.2, -0.15) is 23.5 Å². The van der Waals surface area contributed by atoms with E-state index in [1.54, 1.807) is 27.9 Å². The van der Waals surface area contributed by atoms with Crippen LogP contribution in [0.4, 0.5) is 13.2 Å². The van der Waals surface area contributed by atoms with Crippen molar-refractivity contribution in [1.82, 2.24) is 24.6 Å². The van der Waals surface area contributed by atoms with Gasteiger partial charge in [-0.15, -0.1) is 0 Å². The van der Waals surface area contributed by atoms with Crippen LogP contribution in [-0.4, -0.2) is 75.4 Å². The molecule has 2 saturated heterocycles. The lowest BCUT2D eigenvalue weighted by Gasteiger charge is -2.41. The number of rotatable bonds is 5. The number of benzene rings is 1. The van der Waals surface area contributed by atoms with Crippen LogP contribution in [0, 0.1) is 11.3 Å². The van der Waals surface area contributed by atoms with Crippen LogP contribution in [0.3, 0.4) is 0 Å². The van der Waals surface area contributed by atoms with E-state index in [0.717, 1.165) is 30.7 Å². The first kappa shape index (κ1) is 25.9. The van der Waals surface area contributed by atoms with Crippen LogP contribution >= 0.6 is 0 Å². The Balaban J connectivity index is 1.35. The summed E-state index contributed by atoms with van der Waals surface area (Å²) in [5.74, 6) is -0.331. The van der Waals surface area contributed by atoms with E-state index in [-0.39, 0.29) is 17.5 Å². The van der Waals surface area contributed by atoms with Crippen molar-refractivity contribution in [3.05, 3.63) is 59.8 Å². The fourth-order valence-corrected chi connectivity index (χ4v) is 4.94. The van der Waals surface area contributed by atoms with E-state index in [4.69, 9.17) is 4.74 Å². The van der Waals surface area contributed by atoms with Crippen molar-refractivity contribution in [1.29, 1.82) is 5.26 Å². The minimum atomic E-state index is -4.42. The number of fused-ring (bicyclic) bond motifs is 1. The largest absolute Gasteiger partial charge is 0.416 e. The molecule has 0 aliphatic carbocycles. The summed E-state index contributed by atoms with van der Waals surface area (Å²) < 4.78 is 46.2. The van der Waals surface area contributed by atoms with Crippen LogP contribution in [0.5, 0.6) is 0 Å². The number of amides is 1. The summed E-state index contributed by atoms with van der Waals surface area (Å²) in [6.45, 7) is 7.35. The summed E-state index contributed by atoms with van der Waals surface area (Å²) in [5.41, 5.74) is 1.18. The zero-order valence-corrected chi connectivity index (χ0v) is 21.1. The Morgan fingerprint density at radius 2 is 1.82 bits per heavy atom. The number of ether oxygens (including phenoxy) is 1. The number of alkyl halides is 3. The SMILES string of the molecule is CC(C)(C=C(C#N)C(=O)N1CC(n2nc(-c3ccc(C(F)(F)F)cc3)c3ncccc32)C1)N1CCOCC1. The number of morpholine rings is 1. The lowest BCUT2D eigenvalue weighted by Crippen LogP contribution is -2.52. The third-order valence-corrected chi connectivity index (χ3v) is 7.12. The fraction of sp³-hybridized carbons (Fsp3) is 0.407. The molecule has 0 saturated carbocycles. The number of hydrogen-bond acceptors (Lipinski definition) is 6. The summed E-state index contributed by atoms with van der Waals surface area (Å²) in [6, 6.07) is 10.4. The number of halogens is 3. The number of pyridine rings is 1. The van der Waals surface area contributed by atoms with Crippen molar-refractivity contribution in [2.45, 2.75) is 31.6 Å². The van der Waals surface area contributed by atoms with E-state index in [1.807, 2.05) is 19.9 Å². The van der Waals surface area contributed by atoms with Gasteiger partial charge in [0.15, 0.2) is 0 Å². The van der Waals surface area contributed by atoms with Gasteiger partial charge in [0.2, 0.25) is 0 Å². The predicted molar refractivity (Wildman–Crippen MR) is 134 cm³/mol. The first-order chi connectivity index (χ1) is 18.1. The molecule has 4 heterocycles. The summed E-state index contributed by atoms with van der Waals surface area (Å²) in [5, 5.41) is 14.4. The van der Waals surface area contributed by atoms with Gasteiger partial charge < -0.3 is 9.64 Å². The molecular formula is C27H27F3N6O2. The highest BCUT2D eigenvalue weighted by Crippen LogP contribution is 2.34. The van der Waals surface area contributed by atoms with E-state index in [1.165, 1.54) is 12.1 Å². The van der Waals surface area contributed by atoms with Gasteiger partial charge in [-0.1, -0.05) is 12.1 Å². The van der Waals surface area contributed by atoms with Gasteiger partial charge in [-0.3, -0.25) is 19.4 Å². The summed E-state index contributed by atoms with van der Waals surface area (Å²) in [4.78, 5) is 21.4. The van der Waals surface area contributed by atoms with E-state index < -0.39 is 17.3 Å². The average Bonchev–Trinajstić information content (AvgIpc) is 3.26. The molecule has 0 bridgehead atoms. The minimum Gasteiger partial charge on any atom is -0.379 e. The summed E-state index contributed by atoms with van der Waals surface area (Å²) in [7, 11) is 0. The molecule has 1 aromatic carbocycles. The van der Waals surface area contributed by atoms with Crippen molar-refractivity contribution < 1.29 is 22.7 Å². The molecule has 5 rings (SSSR count). The zero-order chi connectivity index (χ0) is 27.1. The third kappa shape index (κ3) is 4.89. The van der Waals surface area contributed by atoms with Crippen molar-refractivity contribution in [2.75, 3.05) is 39.4 Å². The lowest BCUT2D eigenvalue weighted by molar-refractivity contribution is -0.137. The second-order valence-corrected chi connectivity index (χ2v) is 10.0. The number of hydrogen-bond donors (Lipinski definition) is 0. The molecule has 198 valence electrons. The number of aromatic nitrogens is 3. The van der Waals surface area contributed by atoms with Crippen molar-refractivity contribution >= 4 is 16.9 Å². The third-order valence-electron chi connectivity index (χ3n) is 7.12. The smallest absolute Gasteiger partial charge is 0.379 e. The molecule has 2 aliphatic rings. The summed E-state index contributed by atoms with van der Waals surface area (Å²) >= 11 is 0. The van der Waals surface area contributed by atoms with E-state index in [2.05, 4.69) is 21.1 Å². The van der Waals surface area contributed by atoms with E-state index in [0.29, 0.717) is 43.1 Å². The first-order valence-electron chi connectivity index (χ1n) is 12.3. The van der Waals surface area contributed by atoms with Gasteiger partial charge in [0.25, 0.3) is 5.91 Å². The quantitative estimate of drug-likeness (QED) is 0.370. The molecule has 0 N–H and O–H groups in total. The molecule has 2 aliphatic heterocycles. The van der Waals surface area contributed by atoms with Crippen LogP contribution in [-0.2, 0) is 15.7 Å². The van der Waals surface area contributed by atoms with Crippen LogP contribution < -0.4 is 0 Å². The van der Waals surface area contributed by atoms with Gasteiger partial charge in [-0.25, -0.2) is 0 Å². The summed E-state index contributed by atoms with van der Waals surface area (Å²) in [6.07, 6.45) is -1.09. The lowest BCUT2D eigenvalue weighted by atomic mass is 9.97. The molecule has 11 heteroatoms. The Morgan fingerprint density at radius 1 is 1.13 bits per heavy atom. The van der Waals surface area contributed by atoms with Gasteiger partial charge in [0.1, 0.15) is 22.9 Å². The Bertz CT molecular complexity index is 1410. The Kier molecular flexibility index (Phi) is 6.71. The number of likely N-dealkylation sites (tertiary alicyclic amines) is 1. The van der Waals surface area contributed by atoms with Gasteiger partial charge in [0.05, 0.1) is 30.3 Å². The molecular weight excluding hydrogens is 497 g/mol. The van der Waals surface area contributed by atoms with Crippen LogP contribution in [0.25, 0.3) is 22.3 Å². The van der Waals surface area contributed by atoms with Gasteiger partial charge >= 0.3 is 6.18 Å². The standard InChI is InChI=1S/C27H27F3N6O2/c1-26(2,35-10-12-38-13-11-35)14-19(15-31)25(37)34-16-21(17-34)36-22-4-3-9-32-24(22)23(33-36)18-5-7-20(8-6-18)27(28,29)30/h3-9,14,21H,10-13,16-17H2,1-2H3. The normalized spacial score (nSPS) is 17.9.